The first kappa shape index (κ1) is 12.5. The predicted octanol–water partition coefficient (Wildman–Crippen LogP) is 1.34. The predicted molar refractivity (Wildman–Crippen MR) is 59.6 cm³/mol. The number of rotatable bonds is 4. The van der Waals surface area contributed by atoms with Gasteiger partial charge in [0.2, 0.25) is 0 Å². The van der Waals surface area contributed by atoms with Crippen LogP contribution in [0.15, 0.2) is 0 Å². The lowest BCUT2D eigenvalue weighted by Crippen LogP contribution is -2.41. The first-order chi connectivity index (χ1) is 6.40. The molecule has 0 aromatic carbocycles. The third kappa shape index (κ3) is 3.91. The fourth-order valence-electron chi connectivity index (χ4n) is 1.70. The Bertz CT molecular complexity index is 225. The molecule has 0 radical (unpaired) electrons. The van der Waals surface area contributed by atoms with Crippen LogP contribution in [0.4, 0.5) is 0 Å². The summed E-state index contributed by atoms with van der Waals surface area (Å²) in [5, 5.41) is 0. The lowest BCUT2D eigenvalue weighted by Gasteiger charge is -2.31. The fraction of sp³-hybridized carbons (Fsp3) is 1.00. The summed E-state index contributed by atoms with van der Waals surface area (Å²) >= 11 is 1.86. The molecule has 1 saturated heterocycles. The summed E-state index contributed by atoms with van der Waals surface area (Å²) in [5.41, 5.74) is 0. The Balaban J connectivity index is 2.59. The summed E-state index contributed by atoms with van der Waals surface area (Å²) in [5.74, 6) is 2.10. The Morgan fingerprint density at radius 1 is 1.57 bits per heavy atom. The van der Waals surface area contributed by atoms with Crippen molar-refractivity contribution in [3.8, 4) is 0 Å². The van der Waals surface area contributed by atoms with Gasteiger partial charge in [0.15, 0.2) is 0 Å². The van der Waals surface area contributed by atoms with Crippen LogP contribution in [0.25, 0.3) is 0 Å². The Kier molecular flexibility index (Phi) is 4.47. The molecule has 1 fully saturated rings. The van der Waals surface area contributed by atoms with Gasteiger partial charge in [0.1, 0.15) is 6.29 Å². The van der Waals surface area contributed by atoms with Gasteiger partial charge in [-0.15, -0.1) is 0 Å². The van der Waals surface area contributed by atoms with Crippen LogP contribution in [0.3, 0.4) is 0 Å². The summed E-state index contributed by atoms with van der Waals surface area (Å²) in [4.78, 5) is 19.9. The van der Waals surface area contributed by atoms with Crippen molar-refractivity contribution in [2.24, 2.45) is 0 Å². The monoisotopic (exact) mass is 239 g/mol. The maximum atomic E-state index is 10.9. The Hall–Kier alpha value is 0.460. The molecule has 0 aromatic heterocycles. The molecule has 0 saturated carbocycles. The maximum Gasteiger partial charge on any atom is 0.339 e. The molecule has 0 bridgehead atoms. The third-order valence-electron chi connectivity index (χ3n) is 2.39. The first-order valence-electron chi connectivity index (χ1n) is 4.78. The number of nitrogens with zero attached hydrogens (tertiary/aromatic N) is 1. The first-order valence-corrected chi connectivity index (χ1v) is 7.73. The Labute approximate surface area is 89.2 Å². The largest absolute Gasteiger partial charge is 0.339 e. The second kappa shape index (κ2) is 4.99. The molecule has 1 aliphatic heterocycles. The van der Waals surface area contributed by atoms with Crippen LogP contribution < -0.4 is 0 Å². The van der Waals surface area contributed by atoms with E-state index in [9.17, 15) is 4.57 Å². The van der Waals surface area contributed by atoms with Gasteiger partial charge in [0.05, 0.1) is 0 Å². The molecule has 1 heterocycles. The summed E-state index contributed by atoms with van der Waals surface area (Å²) in [6, 6.07) is 0.541. The van der Waals surface area contributed by atoms with E-state index < -0.39 is 7.60 Å². The van der Waals surface area contributed by atoms with E-state index >= 15 is 0 Å². The van der Waals surface area contributed by atoms with E-state index in [2.05, 4.69) is 0 Å². The van der Waals surface area contributed by atoms with E-state index in [1.807, 2.05) is 30.5 Å². The van der Waals surface area contributed by atoms with Gasteiger partial charge >= 0.3 is 7.60 Å². The van der Waals surface area contributed by atoms with Gasteiger partial charge in [0.25, 0.3) is 0 Å². The molecule has 0 aliphatic carbocycles. The highest BCUT2D eigenvalue weighted by molar-refractivity contribution is 7.99. The van der Waals surface area contributed by atoms with Crippen molar-refractivity contribution in [3.05, 3.63) is 0 Å². The molecule has 2 N–H and O–H groups in total. The second-order valence-corrected chi connectivity index (χ2v) is 6.69. The second-order valence-electron chi connectivity index (χ2n) is 3.93. The van der Waals surface area contributed by atoms with Crippen LogP contribution in [0.2, 0.25) is 0 Å². The van der Waals surface area contributed by atoms with Crippen molar-refractivity contribution >= 4 is 19.4 Å². The van der Waals surface area contributed by atoms with E-state index in [0.29, 0.717) is 6.04 Å². The van der Waals surface area contributed by atoms with Gasteiger partial charge in [-0.2, -0.15) is 11.8 Å². The molecule has 0 amide bonds. The molecule has 1 unspecified atom stereocenters. The van der Waals surface area contributed by atoms with E-state index in [4.69, 9.17) is 9.79 Å². The van der Waals surface area contributed by atoms with Crippen LogP contribution in [-0.4, -0.2) is 44.6 Å². The molecule has 0 spiro atoms. The summed E-state index contributed by atoms with van der Waals surface area (Å²) < 4.78 is 10.9. The highest BCUT2D eigenvalue weighted by atomic mass is 32.2. The van der Waals surface area contributed by atoms with E-state index in [1.165, 1.54) is 0 Å². The maximum absolute atomic E-state index is 10.9. The number of hydrogen-bond donors (Lipinski definition) is 2. The minimum Gasteiger partial charge on any atom is -0.324 e. The van der Waals surface area contributed by atoms with Crippen LogP contribution in [0.5, 0.6) is 0 Å². The summed E-state index contributed by atoms with van der Waals surface area (Å²) in [6.07, 6.45) is 0.943. The highest BCUT2D eigenvalue weighted by Gasteiger charge is 2.29. The third-order valence-corrected chi connectivity index (χ3v) is 4.23. The Morgan fingerprint density at radius 3 is 2.57 bits per heavy atom. The van der Waals surface area contributed by atoms with Gasteiger partial charge < -0.3 is 9.79 Å². The van der Waals surface area contributed by atoms with Crippen molar-refractivity contribution < 1.29 is 14.4 Å². The molecular formula is C8H18NO3PS. The van der Waals surface area contributed by atoms with Crippen LogP contribution >= 0.6 is 19.4 Å². The SMILES string of the molecule is CC(C)N(CP(=O)(O)O)C1CCSC1. The number of thioether (sulfide) groups is 1. The average Bonchev–Trinajstić information content (AvgIpc) is 2.49. The van der Waals surface area contributed by atoms with Gasteiger partial charge in [-0.25, -0.2) is 0 Å². The number of hydrogen-bond acceptors (Lipinski definition) is 3. The van der Waals surface area contributed by atoms with Gasteiger partial charge in [0, 0.05) is 17.8 Å². The van der Waals surface area contributed by atoms with E-state index in [-0.39, 0.29) is 12.3 Å². The van der Waals surface area contributed by atoms with Crippen LogP contribution in [-0.2, 0) is 4.57 Å². The highest BCUT2D eigenvalue weighted by Crippen LogP contribution is 2.38. The van der Waals surface area contributed by atoms with E-state index in [0.717, 1.165) is 17.9 Å². The molecule has 1 aliphatic rings. The molecule has 1 rings (SSSR count). The lowest BCUT2D eigenvalue weighted by atomic mass is 10.2. The molecular weight excluding hydrogens is 221 g/mol. The Morgan fingerprint density at radius 2 is 2.21 bits per heavy atom. The fourth-order valence-corrected chi connectivity index (χ4v) is 3.92. The normalized spacial score (nSPS) is 23.7. The standard InChI is InChI=1S/C8H18NO3PS/c1-7(2)9(6-13(10,11)12)8-3-4-14-5-8/h7-8H,3-6H2,1-2H3,(H2,10,11,12). The van der Waals surface area contributed by atoms with Crippen molar-refractivity contribution in [2.45, 2.75) is 32.4 Å². The van der Waals surface area contributed by atoms with Crippen molar-refractivity contribution in [1.82, 2.24) is 4.90 Å². The molecule has 4 nitrogen and oxygen atoms in total. The van der Waals surface area contributed by atoms with Crippen molar-refractivity contribution in [1.29, 1.82) is 0 Å². The van der Waals surface area contributed by atoms with Crippen LogP contribution in [0.1, 0.15) is 20.3 Å². The molecule has 0 aromatic rings. The smallest absolute Gasteiger partial charge is 0.324 e. The average molecular weight is 239 g/mol. The van der Waals surface area contributed by atoms with E-state index in [1.54, 1.807) is 0 Å². The molecule has 84 valence electrons. The van der Waals surface area contributed by atoms with Crippen molar-refractivity contribution in [2.75, 3.05) is 17.8 Å². The summed E-state index contributed by atoms with van der Waals surface area (Å²) in [7, 11) is -3.91. The van der Waals surface area contributed by atoms with Gasteiger partial charge in [-0.3, -0.25) is 9.46 Å². The molecule has 1 atom stereocenters. The summed E-state index contributed by atoms with van der Waals surface area (Å²) in [6.45, 7) is 3.97. The minimum absolute atomic E-state index is 0.101. The zero-order valence-electron chi connectivity index (χ0n) is 8.59. The van der Waals surface area contributed by atoms with Crippen LogP contribution in [0, 0.1) is 0 Å². The van der Waals surface area contributed by atoms with Gasteiger partial charge in [-0.1, -0.05) is 0 Å². The topological polar surface area (TPSA) is 60.8 Å². The van der Waals surface area contributed by atoms with Gasteiger partial charge in [-0.05, 0) is 26.0 Å². The molecule has 14 heavy (non-hydrogen) atoms. The zero-order valence-corrected chi connectivity index (χ0v) is 10.3. The molecule has 6 heteroatoms. The quantitative estimate of drug-likeness (QED) is 0.725. The minimum atomic E-state index is -3.91. The van der Waals surface area contributed by atoms with Crippen molar-refractivity contribution in [3.63, 3.8) is 0 Å². The zero-order chi connectivity index (χ0) is 10.8. The lowest BCUT2D eigenvalue weighted by molar-refractivity contribution is 0.182.